The molecule has 0 amide bonds. The second-order valence-electron chi connectivity index (χ2n) is 4.80. The van der Waals surface area contributed by atoms with Crippen LogP contribution in [0.3, 0.4) is 0 Å². The van der Waals surface area contributed by atoms with E-state index in [4.69, 9.17) is 19.9 Å². The zero-order valence-corrected chi connectivity index (χ0v) is 12.8. The van der Waals surface area contributed by atoms with Crippen molar-refractivity contribution in [2.45, 2.75) is 5.79 Å². The van der Waals surface area contributed by atoms with E-state index in [9.17, 15) is 0 Å². The molecule has 0 aliphatic rings. The lowest BCUT2D eigenvalue weighted by Crippen LogP contribution is -2.37. The van der Waals surface area contributed by atoms with Gasteiger partial charge in [0, 0.05) is 19.8 Å². The number of nitrogens with two attached hydrogens (primary N) is 1. The quantitative estimate of drug-likeness (QED) is 0.663. The predicted molar refractivity (Wildman–Crippen MR) is 83.7 cm³/mol. The SMILES string of the molecule is COC(COc1nc(N)nc2nc[nH]c12)(OC)c1ccccc1. The third kappa shape index (κ3) is 2.81. The lowest BCUT2D eigenvalue weighted by molar-refractivity contribution is -0.231. The number of benzene rings is 1. The highest BCUT2D eigenvalue weighted by molar-refractivity contribution is 5.76. The van der Waals surface area contributed by atoms with Gasteiger partial charge in [-0.3, -0.25) is 0 Å². The van der Waals surface area contributed by atoms with Gasteiger partial charge < -0.3 is 24.9 Å². The normalized spacial score (nSPS) is 11.7. The molecule has 0 radical (unpaired) electrons. The van der Waals surface area contributed by atoms with Gasteiger partial charge >= 0.3 is 0 Å². The van der Waals surface area contributed by atoms with Crippen LogP contribution in [0.1, 0.15) is 5.56 Å². The van der Waals surface area contributed by atoms with Crippen LogP contribution in [0, 0.1) is 0 Å². The molecule has 2 aromatic heterocycles. The van der Waals surface area contributed by atoms with E-state index in [2.05, 4.69) is 19.9 Å². The molecule has 3 N–H and O–H groups in total. The topological polar surface area (TPSA) is 108 Å². The van der Waals surface area contributed by atoms with E-state index in [1.54, 1.807) is 14.2 Å². The molecule has 0 aliphatic carbocycles. The van der Waals surface area contributed by atoms with E-state index >= 15 is 0 Å². The average Bonchev–Trinajstić information content (AvgIpc) is 3.05. The van der Waals surface area contributed by atoms with Crippen LogP contribution in [0.5, 0.6) is 5.88 Å². The first-order valence-electron chi connectivity index (χ1n) is 6.94. The van der Waals surface area contributed by atoms with Crippen LogP contribution in [0.25, 0.3) is 11.2 Å². The number of anilines is 1. The number of nitrogens with zero attached hydrogens (tertiary/aromatic N) is 3. The predicted octanol–water partition coefficient (Wildman–Crippen LogP) is 1.46. The lowest BCUT2D eigenvalue weighted by atomic mass is 10.1. The molecule has 1 aromatic carbocycles. The number of fused-ring (bicyclic) bond motifs is 1. The van der Waals surface area contributed by atoms with Crippen molar-refractivity contribution in [2.75, 3.05) is 26.6 Å². The summed E-state index contributed by atoms with van der Waals surface area (Å²) in [4.78, 5) is 15.1. The molecule has 0 fully saturated rings. The molecule has 2 heterocycles. The molecule has 3 aromatic rings. The Kier molecular flexibility index (Phi) is 4.09. The smallest absolute Gasteiger partial charge is 0.245 e. The fourth-order valence-electron chi connectivity index (χ4n) is 2.30. The molecule has 3 rings (SSSR count). The van der Waals surface area contributed by atoms with E-state index in [0.717, 1.165) is 5.56 Å². The van der Waals surface area contributed by atoms with E-state index in [-0.39, 0.29) is 12.6 Å². The van der Waals surface area contributed by atoms with Crippen molar-refractivity contribution >= 4 is 17.1 Å². The van der Waals surface area contributed by atoms with Gasteiger partial charge in [0.2, 0.25) is 17.6 Å². The number of ether oxygens (including phenoxy) is 3. The first-order chi connectivity index (χ1) is 11.2. The molecule has 0 atom stereocenters. The molecular weight excluding hydrogens is 298 g/mol. The zero-order valence-electron chi connectivity index (χ0n) is 12.8. The number of hydrogen-bond donors (Lipinski definition) is 2. The Morgan fingerprint density at radius 2 is 1.87 bits per heavy atom. The van der Waals surface area contributed by atoms with Gasteiger partial charge in [-0.2, -0.15) is 9.97 Å². The summed E-state index contributed by atoms with van der Waals surface area (Å²) in [7, 11) is 3.11. The van der Waals surface area contributed by atoms with Crippen LogP contribution >= 0.6 is 0 Å². The Balaban J connectivity index is 1.91. The van der Waals surface area contributed by atoms with E-state index in [1.165, 1.54) is 6.33 Å². The molecular formula is C15H17N5O3. The number of methoxy groups -OCH3 is 2. The molecule has 120 valence electrons. The van der Waals surface area contributed by atoms with Gasteiger partial charge in [-0.25, -0.2) is 4.98 Å². The van der Waals surface area contributed by atoms with Crippen molar-refractivity contribution in [1.29, 1.82) is 0 Å². The highest BCUT2D eigenvalue weighted by atomic mass is 16.7. The maximum Gasteiger partial charge on any atom is 0.245 e. The van der Waals surface area contributed by atoms with Gasteiger partial charge in [0.15, 0.2) is 5.65 Å². The summed E-state index contributed by atoms with van der Waals surface area (Å²) in [6.07, 6.45) is 1.50. The summed E-state index contributed by atoms with van der Waals surface area (Å²) < 4.78 is 16.9. The van der Waals surface area contributed by atoms with Crippen molar-refractivity contribution in [3.05, 3.63) is 42.2 Å². The Bertz CT molecular complexity index is 786. The minimum absolute atomic E-state index is 0.0780. The molecule has 0 saturated heterocycles. The van der Waals surface area contributed by atoms with E-state index in [0.29, 0.717) is 17.0 Å². The molecule has 23 heavy (non-hydrogen) atoms. The molecule has 0 spiro atoms. The number of nitrogens with one attached hydrogen (secondary N) is 1. The van der Waals surface area contributed by atoms with Gasteiger partial charge in [-0.15, -0.1) is 0 Å². The first kappa shape index (κ1) is 15.2. The maximum absolute atomic E-state index is 5.81. The number of aromatic nitrogens is 4. The highest BCUT2D eigenvalue weighted by Gasteiger charge is 2.34. The number of rotatable bonds is 6. The highest BCUT2D eigenvalue weighted by Crippen LogP contribution is 2.28. The Morgan fingerprint density at radius 3 is 2.57 bits per heavy atom. The molecule has 0 unspecified atom stereocenters. The molecule has 8 heteroatoms. The van der Waals surface area contributed by atoms with Crippen LogP contribution < -0.4 is 10.5 Å². The van der Waals surface area contributed by atoms with Crippen LogP contribution in [-0.2, 0) is 15.3 Å². The van der Waals surface area contributed by atoms with Crippen molar-refractivity contribution in [2.24, 2.45) is 0 Å². The number of imidazole rings is 1. The minimum atomic E-state index is -1.06. The van der Waals surface area contributed by atoms with Crippen LogP contribution in [0.4, 0.5) is 5.95 Å². The molecule has 8 nitrogen and oxygen atoms in total. The average molecular weight is 315 g/mol. The largest absolute Gasteiger partial charge is 0.470 e. The van der Waals surface area contributed by atoms with Crippen molar-refractivity contribution in [3.63, 3.8) is 0 Å². The first-order valence-corrected chi connectivity index (χ1v) is 6.94. The second-order valence-corrected chi connectivity index (χ2v) is 4.80. The van der Waals surface area contributed by atoms with Crippen molar-refractivity contribution < 1.29 is 14.2 Å². The van der Waals surface area contributed by atoms with Gasteiger partial charge in [0.05, 0.1) is 6.33 Å². The van der Waals surface area contributed by atoms with Gasteiger partial charge in [0.25, 0.3) is 0 Å². The van der Waals surface area contributed by atoms with E-state index in [1.807, 2.05) is 30.3 Å². The standard InChI is InChI=1S/C15H17N5O3/c1-21-15(22-2,10-6-4-3-5-7-10)8-23-13-11-12(18-9-17-11)19-14(16)20-13/h3-7,9H,8H2,1-2H3,(H3,16,17,18,19,20). The van der Waals surface area contributed by atoms with Crippen LogP contribution in [0.2, 0.25) is 0 Å². The third-order valence-electron chi connectivity index (χ3n) is 3.54. The third-order valence-corrected chi connectivity index (χ3v) is 3.54. The molecule has 0 saturated carbocycles. The molecule has 0 bridgehead atoms. The maximum atomic E-state index is 5.81. The van der Waals surface area contributed by atoms with Crippen molar-refractivity contribution in [3.8, 4) is 5.88 Å². The summed E-state index contributed by atoms with van der Waals surface area (Å²) in [6.45, 7) is 0.0780. The zero-order chi connectivity index (χ0) is 16.3. The van der Waals surface area contributed by atoms with Crippen LogP contribution in [0.15, 0.2) is 36.7 Å². The molecule has 0 aliphatic heterocycles. The minimum Gasteiger partial charge on any atom is -0.470 e. The Hall–Kier alpha value is -2.71. The van der Waals surface area contributed by atoms with Crippen LogP contribution in [-0.4, -0.2) is 40.8 Å². The monoisotopic (exact) mass is 315 g/mol. The number of aromatic amines is 1. The van der Waals surface area contributed by atoms with E-state index < -0.39 is 5.79 Å². The Labute approximate surface area is 132 Å². The van der Waals surface area contributed by atoms with Crippen molar-refractivity contribution in [1.82, 2.24) is 19.9 Å². The summed E-state index contributed by atoms with van der Waals surface area (Å²) in [6, 6.07) is 9.52. The number of hydrogen-bond acceptors (Lipinski definition) is 7. The fourth-order valence-corrected chi connectivity index (χ4v) is 2.30. The Morgan fingerprint density at radius 1 is 1.13 bits per heavy atom. The summed E-state index contributed by atoms with van der Waals surface area (Å²) >= 11 is 0. The summed E-state index contributed by atoms with van der Waals surface area (Å²) in [5.74, 6) is -0.688. The second kappa shape index (κ2) is 6.19. The number of nitrogen functional groups attached to an aromatic ring is 1. The number of H-pyrrole nitrogens is 1. The summed E-state index contributed by atoms with van der Waals surface area (Å²) in [5, 5.41) is 0. The lowest BCUT2D eigenvalue weighted by Gasteiger charge is -2.30. The van der Waals surface area contributed by atoms with Gasteiger partial charge in [0.1, 0.15) is 12.1 Å². The van der Waals surface area contributed by atoms with Gasteiger partial charge in [-0.1, -0.05) is 30.3 Å². The summed E-state index contributed by atoms with van der Waals surface area (Å²) in [5.41, 5.74) is 7.51. The van der Waals surface area contributed by atoms with Gasteiger partial charge in [-0.05, 0) is 0 Å². The fraction of sp³-hybridized carbons (Fsp3) is 0.267.